The average molecular weight is 706 g/mol. The van der Waals surface area contributed by atoms with E-state index in [1.807, 2.05) is 0 Å². The molecular weight excluding hydrogens is 687 g/mol. The van der Waals surface area contributed by atoms with Crippen LogP contribution in [0.1, 0.15) is 11.1 Å². The van der Waals surface area contributed by atoms with E-state index < -0.39 is 9.85 Å². The molecule has 0 radical (unpaired) electrons. The molecule has 0 unspecified atom stereocenters. The monoisotopic (exact) mass is 704 g/mol. The maximum absolute atomic E-state index is 10.8. The lowest BCUT2D eigenvalue weighted by Gasteiger charge is -2.06. The van der Waals surface area contributed by atoms with E-state index in [1.54, 1.807) is 70.3 Å². The van der Waals surface area contributed by atoms with Crippen LogP contribution in [0.3, 0.4) is 0 Å². The van der Waals surface area contributed by atoms with Gasteiger partial charge in [-0.2, -0.15) is 9.97 Å². The van der Waals surface area contributed by atoms with E-state index in [1.165, 1.54) is 24.3 Å². The van der Waals surface area contributed by atoms with Gasteiger partial charge < -0.3 is 14.2 Å². The number of hydrogen-bond acceptors (Lipinski definition) is 11. The Hall–Kier alpha value is -5.77. The average Bonchev–Trinajstić information content (AvgIpc) is 3.65. The highest BCUT2D eigenvalue weighted by atomic mass is 35.5. The van der Waals surface area contributed by atoms with Gasteiger partial charge in [0.15, 0.2) is 16.4 Å². The van der Waals surface area contributed by atoms with Gasteiger partial charge in [0.1, 0.15) is 22.5 Å². The van der Waals surface area contributed by atoms with Crippen molar-refractivity contribution >= 4 is 68.5 Å². The Labute approximate surface area is 284 Å². The molecule has 0 amide bonds. The predicted octanol–water partition coefficient (Wildman–Crippen LogP) is 6.90. The van der Waals surface area contributed by atoms with E-state index in [2.05, 4.69) is 29.9 Å². The summed E-state index contributed by atoms with van der Waals surface area (Å²) in [6.07, 6.45) is 3.19. The minimum Gasteiger partial charge on any atom is -0.508 e. The van der Waals surface area contributed by atoms with Crippen molar-refractivity contribution in [2.45, 2.75) is 13.1 Å². The zero-order valence-electron chi connectivity index (χ0n) is 24.2. The predicted molar refractivity (Wildman–Crippen MR) is 177 cm³/mol. The number of fused-ring (bicyclic) bond motifs is 2. The summed E-state index contributed by atoms with van der Waals surface area (Å²) >= 11 is 17.8. The number of aromatic hydroxyl groups is 1. The number of halogens is 3. The van der Waals surface area contributed by atoms with Crippen LogP contribution in [0.5, 0.6) is 5.75 Å². The first-order chi connectivity index (χ1) is 23.0. The van der Waals surface area contributed by atoms with E-state index in [4.69, 9.17) is 34.8 Å². The van der Waals surface area contributed by atoms with Crippen LogP contribution < -0.4 is 0 Å². The van der Waals surface area contributed by atoms with Gasteiger partial charge in [-0.1, -0.05) is 48.0 Å². The summed E-state index contributed by atoms with van der Waals surface area (Å²) in [5.41, 5.74) is 5.04. The lowest BCUT2D eigenvalue weighted by Crippen LogP contribution is -2.01. The fraction of sp³-hybridized carbons (Fsp3) is 0.0667. The Bertz CT molecular complexity index is 2310. The van der Waals surface area contributed by atoms with Crippen LogP contribution in [0.2, 0.25) is 15.7 Å². The van der Waals surface area contributed by atoms with Crippen molar-refractivity contribution in [3.63, 3.8) is 0 Å². The molecule has 7 rings (SSSR count). The number of nitrogens with zero attached hydrogens (tertiary/aromatic N) is 10. The van der Waals surface area contributed by atoms with Gasteiger partial charge in [-0.3, -0.25) is 20.2 Å². The van der Waals surface area contributed by atoms with Crippen LogP contribution in [0, 0.1) is 20.2 Å². The molecule has 7 aromatic rings. The fourth-order valence-electron chi connectivity index (χ4n) is 4.73. The molecule has 0 bridgehead atoms. The topological polar surface area (TPSA) is 194 Å². The van der Waals surface area contributed by atoms with Crippen molar-refractivity contribution in [3.8, 4) is 17.0 Å². The van der Waals surface area contributed by atoms with Crippen molar-refractivity contribution in [1.82, 2.24) is 39.0 Å². The van der Waals surface area contributed by atoms with Gasteiger partial charge in [-0.25, -0.2) is 19.9 Å². The van der Waals surface area contributed by atoms with Crippen molar-refractivity contribution < 1.29 is 15.0 Å². The maximum atomic E-state index is 10.8. The zero-order chi connectivity index (χ0) is 33.9. The van der Waals surface area contributed by atoms with Crippen molar-refractivity contribution in [1.29, 1.82) is 0 Å². The first kappa shape index (κ1) is 32.2. The molecule has 0 atom stereocenters. The second-order valence-corrected chi connectivity index (χ2v) is 11.1. The first-order valence-corrected chi connectivity index (χ1v) is 14.9. The lowest BCUT2D eigenvalue weighted by atomic mass is 10.1. The third-order valence-electron chi connectivity index (χ3n) is 6.95. The number of rotatable bonds is 7. The molecule has 48 heavy (non-hydrogen) atoms. The molecule has 3 aromatic carbocycles. The van der Waals surface area contributed by atoms with E-state index in [0.29, 0.717) is 46.7 Å². The molecule has 0 saturated carbocycles. The van der Waals surface area contributed by atoms with Gasteiger partial charge in [-0.05, 0) is 46.5 Å². The number of phenols is 1. The highest BCUT2D eigenvalue weighted by Crippen LogP contribution is 2.29. The number of hydrogen-bond donors (Lipinski definition) is 1. The first-order valence-electron chi connectivity index (χ1n) is 13.7. The maximum Gasteiger partial charge on any atom is 0.269 e. The second kappa shape index (κ2) is 13.5. The molecule has 240 valence electrons. The molecule has 0 saturated heterocycles. The molecule has 0 spiro atoms. The lowest BCUT2D eigenvalue weighted by molar-refractivity contribution is -0.385. The molecular formula is C30H19Cl3N10O5. The van der Waals surface area contributed by atoms with Gasteiger partial charge in [0, 0.05) is 29.8 Å². The van der Waals surface area contributed by atoms with Crippen LogP contribution in [-0.2, 0) is 13.1 Å². The third kappa shape index (κ3) is 6.97. The fourth-order valence-corrected chi connectivity index (χ4v) is 5.31. The van der Waals surface area contributed by atoms with E-state index in [-0.39, 0.29) is 32.8 Å². The van der Waals surface area contributed by atoms with Crippen molar-refractivity contribution in [2.24, 2.45) is 0 Å². The Kier molecular flexibility index (Phi) is 9.07. The molecule has 18 heteroatoms. The number of imidazole rings is 2. The number of phenolic OH excluding ortho intramolecular Hbond substituents is 1. The van der Waals surface area contributed by atoms with Crippen molar-refractivity contribution in [3.05, 3.63) is 133 Å². The van der Waals surface area contributed by atoms with Gasteiger partial charge in [0.05, 0.1) is 35.6 Å². The zero-order valence-corrected chi connectivity index (χ0v) is 26.5. The van der Waals surface area contributed by atoms with Gasteiger partial charge >= 0.3 is 0 Å². The van der Waals surface area contributed by atoms with E-state index >= 15 is 0 Å². The Morgan fingerprint density at radius 2 is 1.17 bits per heavy atom. The van der Waals surface area contributed by atoms with Gasteiger partial charge in [0.2, 0.25) is 10.6 Å². The highest BCUT2D eigenvalue weighted by molar-refractivity contribution is 6.35. The Balaban J connectivity index is 0.000000173. The van der Waals surface area contributed by atoms with Crippen LogP contribution in [0.15, 0.2) is 85.5 Å². The smallest absolute Gasteiger partial charge is 0.269 e. The SMILES string of the molecule is O=[N+]([O-])c1ccc(Cn2cnc3c(-c4cccc(O)c4)nc(Cl)nc32)cc1.O=[N+]([O-])c1ccc(Cn2cnc3c(Cl)nc(Cl)nc32)cc1. The number of nitro groups is 2. The highest BCUT2D eigenvalue weighted by Gasteiger charge is 2.16. The summed E-state index contributed by atoms with van der Waals surface area (Å²) in [4.78, 5) is 45.5. The van der Waals surface area contributed by atoms with Crippen LogP contribution in [0.25, 0.3) is 33.6 Å². The van der Waals surface area contributed by atoms with E-state index in [9.17, 15) is 25.3 Å². The summed E-state index contributed by atoms with van der Waals surface area (Å²) in [5, 5.41) is 31.4. The summed E-state index contributed by atoms with van der Waals surface area (Å²) in [7, 11) is 0. The van der Waals surface area contributed by atoms with Crippen LogP contribution in [0.4, 0.5) is 11.4 Å². The summed E-state index contributed by atoms with van der Waals surface area (Å²) < 4.78 is 3.53. The molecule has 15 nitrogen and oxygen atoms in total. The normalized spacial score (nSPS) is 11.0. The molecule has 0 aliphatic carbocycles. The summed E-state index contributed by atoms with van der Waals surface area (Å²) in [5.74, 6) is 0.112. The van der Waals surface area contributed by atoms with Gasteiger partial charge in [-0.15, -0.1) is 0 Å². The quantitative estimate of drug-likeness (QED) is 0.0784. The number of aromatic nitrogens is 8. The molecule has 0 aliphatic rings. The second-order valence-electron chi connectivity index (χ2n) is 10.1. The molecule has 1 N–H and O–H groups in total. The summed E-state index contributed by atoms with van der Waals surface area (Å²) in [6, 6.07) is 19.2. The minimum absolute atomic E-state index is 0.0331. The van der Waals surface area contributed by atoms with Crippen LogP contribution >= 0.6 is 34.8 Å². The molecule has 0 aliphatic heterocycles. The number of non-ortho nitro benzene ring substituents is 2. The molecule has 4 aromatic heterocycles. The van der Waals surface area contributed by atoms with Gasteiger partial charge in [0.25, 0.3) is 11.4 Å². The molecule has 0 fully saturated rings. The van der Waals surface area contributed by atoms with E-state index in [0.717, 1.165) is 11.1 Å². The molecule has 4 heterocycles. The van der Waals surface area contributed by atoms with Crippen LogP contribution in [-0.4, -0.2) is 54.0 Å². The Morgan fingerprint density at radius 3 is 1.69 bits per heavy atom. The standard InChI is InChI=1S/C18H12ClN5O3.C12H7Cl2N5O2/c19-18-21-15(12-2-1-3-14(25)8-12)16-17(22-18)23(10-20-16)9-11-4-6-13(7-5-11)24(26)27;13-10-9-11(17-12(14)16-10)18(6-15-9)5-7-1-3-8(4-2-7)19(20)21/h1-8,10,25H,9H2;1-4,6H,5H2. The minimum atomic E-state index is -0.441. The number of benzene rings is 3. The third-order valence-corrected chi connectivity index (χ3v) is 7.55. The Morgan fingerprint density at radius 1 is 0.667 bits per heavy atom. The largest absolute Gasteiger partial charge is 0.508 e. The van der Waals surface area contributed by atoms with Crippen molar-refractivity contribution in [2.75, 3.05) is 0 Å². The summed E-state index contributed by atoms with van der Waals surface area (Å²) in [6.45, 7) is 0.861. The number of nitro benzene ring substituents is 2.